The monoisotopic (exact) mass is 387 g/mol. The quantitative estimate of drug-likeness (QED) is 0.639. The van der Waals surface area contributed by atoms with Crippen molar-refractivity contribution in [3.05, 3.63) is 56.5 Å². The summed E-state index contributed by atoms with van der Waals surface area (Å²) in [5, 5.41) is 4.73. The van der Waals surface area contributed by atoms with Gasteiger partial charge in [0.05, 0.1) is 12.3 Å². The lowest BCUT2D eigenvalue weighted by molar-refractivity contribution is 0.319. The zero-order chi connectivity index (χ0) is 15.2. The second-order valence-corrected chi connectivity index (χ2v) is 6.31. The highest BCUT2D eigenvalue weighted by Gasteiger charge is 2.06. The maximum atomic E-state index is 6.06. The van der Waals surface area contributed by atoms with Crippen LogP contribution in [0.4, 0.5) is 5.69 Å². The molecule has 0 aliphatic heterocycles. The minimum absolute atomic E-state index is 0.629. The van der Waals surface area contributed by atoms with E-state index in [4.69, 9.17) is 27.9 Å². The van der Waals surface area contributed by atoms with Crippen LogP contribution in [-0.2, 0) is 6.54 Å². The van der Waals surface area contributed by atoms with Crippen molar-refractivity contribution in [3.63, 3.8) is 0 Å². The van der Waals surface area contributed by atoms with Gasteiger partial charge in [0, 0.05) is 21.1 Å². The van der Waals surface area contributed by atoms with E-state index in [-0.39, 0.29) is 0 Å². The third kappa shape index (κ3) is 4.80. The first-order valence-corrected chi connectivity index (χ1v) is 8.25. The summed E-state index contributed by atoms with van der Waals surface area (Å²) in [6.07, 6.45) is 0.960. The van der Waals surface area contributed by atoms with Crippen LogP contribution >= 0.6 is 39.1 Å². The van der Waals surface area contributed by atoms with E-state index in [0.29, 0.717) is 23.2 Å². The Labute approximate surface area is 143 Å². The molecule has 0 unspecified atom stereocenters. The zero-order valence-corrected chi connectivity index (χ0v) is 14.7. The third-order valence-corrected chi connectivity index (χ3v) is 4.12. The van der Waals surface area contributed by atoms with Crippen LogP contribution in [0.3, 0.4) is 0 Å². The predicted molar refractivity (Wildman–Crippen MR) is 93.7 cm³/mol. The van der Waals surface area contributed by atoms with Gasteiger partial charge in [0.15, 0.2) is 0 Å². The summed E-state index contributed by atoms with van der Waals surface area (Å²) in [5.41, 5.74) is 1.95. The van der Waals surface area contributed by atoms with Gasteiger partial charge in [-0.2, -0.15) is 0 Å². The van der Waals surface area contributed by atoms with E-state index in [9.17, 15) is 0 Å². The van der Waals surface area contributed by atoms with Gasteiger partial charge in [-0.25, -0.2) is 0 Å². The fourth-order valence-electron chi connectivity index (χ4n) is 1.85. The van der Waals surface area contributed by atoms with Crippen molar-refractivity contribution in [2.24, 2.45) is 0 Å². The molecular formula is C16H16BrCl2NO. The highest BCUT2D eigenvalue weighted by molar-refractivity contribution is 9.10. The number of nitrogens with one attached hydrogen (secondary N) is 1. The van der Waals surface area contributed by atoms with E-state index < -0.39 is 0 Å². The molecule has 0 aliphatic carbocycles. The van der Waals surface area contributed by atoms with Gasteiger partial charge < -0.3 is 10.1 Å². The number of ether oxygens (including phenoxy) is 1. The molecule has 0 aliphatic rings. The SMILES string of the molecule is CCCOc1ccc(Cl)cc1NCc1cc(Cl)ccc1Br. The molecule has 21 heavy (non-hydrogen) atoms. The van der Waals surface area contributed by atoms with Crippen LogP contribution in [0, 0.1) is 0 Å². The number of anilines is 1. The first-order valence-electron chi connectivity index (χ1n) is 6.70. The lowest BCUT2D eigenvalue weighted by atomic mass is 10.2. The van der Waals surface area contributed by atoms with Crippen LogP contribution in [0.2, 0.25) is 10.0 Å². The molecule has 112 valence electrons. The van der Waals surface area contributed by atoms with Crippen LogP contribution in [0.5, 0.6) is 5.75 Å². The number of halogens is 3. The summed E-state index contributed by atoms with van der Waals surface area (Å²) in [5.74, 6) is 0.805. The molecular weight excluding hydrogens is 373 g/mol. The molecule has 2 aromatic rings. The molecule has 0 radical (unpaired) electrons. The number of hydrogen-bond acceptors (Lipinski definition) is 2. The van der Waals surface area contributed by atoms with E-state index in [1.165, 1.54) is 0 Å². The van der Waals surface area contributed by atoms with Crippen molar-refractivity contribution >= 4 is 44.8 Å². The summed E-state index contributed by atoms with van der Waals surface area (Å²) >= 11 is 15.6. The maximum Gasteiger partial charge on any atom is 0.142 e. The highest BCUT2D eigenvalue weighted by Crippen LogP contribution is 2.30. The van der Waals surface area contributed by atoms with Gasteiger partial charge in [-0.3, -0.25) is 0 Å². The Hall–Kier alpha value is -0.900. The van der Waals surface area contributed by atoms with Gasteiger partial charge in [-0.05, 0) is 48.4 Å². The topological polar surface area (TPSA) is 21.3 Å². The van der Waals surface area contributed by atoms with E-state index in [1.54, 1.807) is 0 Å². The highest BCUT2D eigenvalue weighted by atomic mass is 79.9. The van der Waals surface area contributed by atoms with Gasteiger partial charge in [0.25, 0.3) is 0 Å². The van der Waals surface area contributed by atoms with Gasteiger partial charge in [0.2, 0.25) is 0 Å². The van der Waals surface area contributed by atoms with Gasteiger partial charge in [-0.1, -0.05) is 46.1 Å². The molecule has 0 heterocycles. The molecule has 2 rings (SSSR count). The average molecular weight is 389 g/mol. The number of hydrogen-bond donors (Lipinski definition) is 1. The summed E-state index contributed by atoms with van der Waals surface area (Å²) in [4.78, 5) is 0. The van der Waals surface area contributed by atoms with E-state index in [0.717, 1.165) is 27.9 Å². The van der Waals surface area contributed by atoms with Crippen LogP contribution in [0.1, 0.15) is 18.9 Å². The minimum atomic E-state index is 0.629. The molecule has 0 aromatic heterocycles. The van der Waals surface area contributed by atoms with Crippen LogP contribution in [0.15, 0.2) is 40.9 Å². The molecule has 0 spiro atoms. The van der Waals surface area contributed by atoms with Gasteiger partial charge >= 0.3 is 0 Å². The Bertz CT molecular complexity index is 619. The molecule has 0 atom stereocenters. The summed E-state index contributed by atoms with van der Waals surface area (Å²) in [6, 6.07) is 11.3. The number of benzene rings is 2. The normalized spacial score (nSPS) is 10.5. The molecule has 0 saturated carbocycles. The van der Waals surface area contributed by atoms with Crippen molar-refractivity contribution in [1.82, 2.24) is 0 Å². The lowest BCUT2D eigenvalue weighted by Crippen LogP contribution is -2.04. The van der Waals surface area contributed by atoms with Crippen molar-refractivity contribution in [2.75, 3.05) is 11.9 Å². The Morgan fingerprint density at radius 2 is 1.81 bits per heavy atom. The predicted octanol–water partition coefficient (Wildman–Crippen LogP) is 6.16. The molecule has 1 N–H and O–H groups in total. The second-order valence-electron chi connectivity index (χ2n) is 4.58. The van der Waals surface area contributed by atoms with Crippen LogP contribution in [0.25, 0.3) is 0 Å². The largest absolute Gasteiger partial charge is 0.491 e. The molecule has 2 aromatic carbocycles. The maximum absolute atomic E-state index is 6.06. The van der Waals surface area contributed by atoms with Crippen molar-refractivity contribution in [3.8, 4) is 5.75 Å². The Kier molecular flexibility index (Phi) is 6.22. The molecule has 5 heteroatoms. The van der Waals surface area contributed by atoms with Crippen LogP contribution < -0.4 is 10.1 Å². The smallest absolute Gasteiger partial charge is 0.142 e. The fraction of sp³-hybridized carbons (Fsp3) is 0.250. The van der Waals surface area contributed by atoms with Crippen molar-refractivity contribution < 1.29 is 4.74 Å². The van der Waals surface area contributed by atoms with Gasteiger partial charge in [-0.15, -0.1) is 0 Å². The van der Waals surface area contributed by atoms with E-state index in [2.05, 4.69) is 28.2 Å². The van der Waals surface area contributed by atoms with Crippen molar-refractivity contribution in [1.29, 1.82) is 0 Å². The van der Waals surface area contributed by atoms with Gasteiger partial charge in [0.1, 0.15) is 5.75 Å². The minimum Gasteiger partial charge on any atom is -0.491 e. The molecule has 0 amide bonds. The second kappa shape index (κ2) is 7.92. The Morgan fingerprint density at radius 1 is 1.10 bits per heavy atom. The first-order chi connectivity index (χ1) is 10.1. The summed E-state index contributed by atoms with van der Waals surface area (Å²) in [6.45, 7) is 3.38. The third-order valence-electron chi connectivity index (χ3n) is 2.88. The molecule has 0 saturated heterocycles. The molecule has 2 nitrogen and oxygen atoms in total. The van der Waals surface area contributed by atoms with E-state index >= 15 is 0 Å². The standard InChI is InChI=1S/C16H16BrCl2NO/c1-2-7-21-16-6-4-13(19)9-15(16)20-10-11-8-12(18)3-5-14(11)17/h3-6,8-9,20H,2,7,10H2,1H3. The number of rotatable bonds is 6. The lowest BCUT2D eigenvalue weighted by Gasteiger charge is -2.14. The summed E-state index contributed by atoms with van der Waals surface area (Å²) < 4.78 is 6.74. The first kappa shape index (κ1) is 16.5. The Balaban J connectivity index is 2.14. The molecule has 0 bridgehead atoms. The molecule has 0 fully saturated rings. The average Bonchev–Trinajstić information content (AvgIpc) is 2.47. The Morgan fingerprint density at radius 3 is 2.57 bits per heavy atom. The van der Waals surface area contributed by atoms with Crippen LogP contribution in [-0.4, -0.2) is 6.61 Å². The summed E-state index contributed by atoms with van der Waals surface area (Å²) in [7, 11) is 0. The fourth-order valence-corrected chi connectivity index (χ4v) is 2.60. The van der Waals surface area contributed by atoms with Crippen molar-refractivity contribution in [2.45, 2.75) is 19.9 Å². The zero-order valence-electron chi connectivity index (χ0n) is 11.6. The van der Waals surface area contributed by atoms with E-state index in [1.807, 2.05) is 36.4 Å².